The Morgan fingerprint density at radius 1 is 1.10 bits per heavy atom. The minimum absolute atomic E-state index is 0.113. The summed E-state index contributed by atoms with van der Waals surface area (Å²) in [6.07, 6.45) is 0. The van der Waals surface area contributed by atoms with Crippen LogP contribution in [0.4, 0.5) is 34.1 Å². The number of amides is 1. The highest BCUT2D eigenvalue weighted by molar-refractivity contribution is 7.73. The molecule has 12 heteroatoms. The molecule has 0 aliphatic rings. The van der Waals surface area contributed by atoms with E-state index in [0.717, 1.165) is 23.5 Å². The first-order valence-electron chi connectivity index (χ1n) is 8.46. The van der Waals surface area contributed by atoms with Crippen molar-refractivity contribution in [3.05, 3.63) is 63.6 Å². The van der Waals surface area contributed by atoms with Gasteiger partial charge in [-0.1, -0.05) is 23.5 Å². The van der Waals surface area contributed by atoms with Crippen LogP contribution in [0.5, 0.6) is 0 Å². The van der Waals surface area contributed by atoms with Gasteiger partial charge in [-0.2, -0.15) is 0 Å². The third kappa shape index (κ3) is 5.20. The van der Waals surface area contributed by atoms with Crippen LogP contribution in [0.3, 0.4) is 0 Å². The quantitative estimate of drug-likeness (QED) is 0.311. The SMILES string of the molecule is CN(CC(=O)Nc1ccc(F)c(F)c1F)Cn1nc(Nc2ccccc2F)sc1=S. The molecular weight excluding hydrogens is 442 g/mol. The molecular formula is C18H15F4N5OS2. The van der Waals surface area contributed by atoms with Crippen molar-refractivity contribution in [1.82, 2.24) is 14.7 Å². The highest BCUT2D eigenvalue weighted by Crippen LogP contribution is 2.23. The Hall–Kier alpha value is -2.83. The van der Waals surface area contributed by atoms with E-state index >= 15 is 0 Å². The van der Waals surface area contributed by atoms with Gasteiger partial charge in [0.1, 0.15) is 5.82 Å². The molecule has 30 heavy (non-hydrogen) atoms. The smallest absolute Gasteiger partial charge is 0.238 e. The number of carbonyl (C=O) groups excluding carboxylic acids is 1. The van der Waals surface area contributed by atoms with Crippen LogP contribution in [0.1, 0.15) is 0 Å². The molecule has 1 heterocycles. The number of halogens is 4. The molecule has 2 aromatic carbocycles. The van der Waals surface area contributed by atoms with E-state index in [9.17, 15) is 22.4 Å². The van der Waals surface area contributed by atoms with Crippen molar-refractivity contribution in [1.29, 1.82) is 0 Å². The molecule has 0 radical (unpaired) electrons. The molecule has 0 unspecified atom stereocenters. The predicted molar refractivity (Wildman–Crippen MR) is 108 cm³/mol. The fourth-order valence-corrected chi connectivity index (χ4v) is 3.46. The van der Waals surface area contributed by atoms with Gasteiger partial charge in [0, 0.05) is 0 Å². The average Bonchev–Trinajstić information content (AvgIpc) is 3.02. The number of carbonyl (C=O) groups is 1. The molecule has 0 aliphatic heterocycles. The van der Waals surface area contributed by atoms with E-state index in [1.54, 1.807) is 25.2 Å². The van der Waals surface area contributed by atoms with Crippen LogP contribution in [0.15, 0.2) is 36.4 Å². The number of rotatable bonds is 7. The Labute approximate surface area is 177 Å². The second kappa shape index (κ2) is 9.32. The fourth-order valence-electron chi connectivity index (χ4n) is 2.46. The minimum atomic E-state index is -1.66. The molecule has 0 atom stereocenters. The van der Waals surface area contributed by atoms with E-state index in [2.05, 4.69) is 15.7 Å². The Bertz CT molecular complexity index is 1130. The van der Waals surface area contributed by atoms with Gasteiger partial charge in [0.2, 0.25) is 11.0 Å². The number of benzene rings is 2. The standard InChI is InChI=1S/C18H15F4N5OS2/c1-26(8-14(28)23-13-7-6-11(20)15(21)16(13)22)9-27-18(29)30-17(25-27)24-12-5-3-2-4-10(12)19/h2-7H,8-9H2,1H3,(H,23,28)(H,24,25). The molecule has 0 bridgehead atoms. The minimum Gasteiger partial charge on any atom is -0.328 e. The van der Waals surface area contributed by atoms with Crippen molar-refractivity contribution in [3.8, 4) is 0 Å². The Balaban J connectivity index is 1.61. The molecule has 0 saturated heterocycles. The van der Waals surface area contributed by atoms with E-state index < -0.39 is 34.9 Å². The van der Waals surface area contributed by atoms with Gasteiger partial charge in [-0.25, -0.2) is 22.2 Å². The summed E-state index contributed by atoms with van der Waals surface area (Å²) in [6, 6.07) is 7.75. The number of nitrogens with one attached hydrogen (secondary N) is 2. The molecule has 0 spiro atoms. The molecule has 0 aliphatic carbocycles. The van der Waals surface area contributed by atoms with E-state index in [1.807, 2.05) is 0 Å². The van der Waals surface area contributed by atoms with Gasteiger partial charge >= 0.3 is 0 Å². The molecule has 6 nitrogen and oxygen atoms in total. The largest absolute Gasteiger partial charge is 0.328 e. The first kappa shape index (κ1) is 21.9. The lowest BCUT2D eigenvalue weighted by Gasteiger charge is -2.16. The third-order valence-corrected chi connectivity index (χ3v) is 5.04. The Morgan fingerprint density at radius 2 is 1.83 bits per heavy atom. The summed E-state index contributed by atoms with van der Waals surface area (Å²) in [6.45, 7) is -0.0875. The van der Waals surface area contributed by atoms with Gasteiger partial charge in [-0.3, -0.25) is 9.69 Å². The van der Waals surface area contributed by atoms with Gasteiger partial charge in [0.25, 0.3) is 0 Å². The monoisotopic (exact) mass is 457 g/mol. The summed E-state index contributed by atoms with van der Waals surface area (Å²) in [4.78, 5) is 13.6. The first-order valence-corrected chi connectivity index (χ1v) is 9.68. The third-order valence-electron chi connectivity index (χ3n) is 3.82. The van der Waals surface area contributed by atoms with Gasteiger partial charge in [-0.05, 0) is 43.5 Å². The van der Waals surface area contributed by atoms with Crippen LogP contribution >= 0.6 is 23.6 Å². The number of anilines is 3. The van der Waals surface area contributed by atoms with Crippen molar-refractivity contribution in [2.75, 3.05) is 24.2 Å². The second-order valence-corrected chi connectivity index (χ2v) is 7.83. The molecule has 2 N–H and O–H groups in total. The van der Waals surface area contributed by atoms with E-state index in [4.69, 9.17) is 12.2 Å². The van der Waals surface area contributed by atoms with Crippen molar-refractivity contribution in [2.24, 2.45) is 0 Å². The number of hydrogen-bond acceptors (Lipinski definition) is 6. The molecule has 158 valence electrons. The number of aromatic nitrogens is 2. The van der Waals surface area contributed by atoms with Crippen molar-refractivity contribution >= 4 is 46.0 Å². The summed E-state index contributed by atoms with van der Waals surface area (Å²) < 4.78 is 55.4. The van der Waals surface area contributed by atoms with Crippen molar-refractivity contribution < 1.29 is 22.4 Å². The maximum absolute atomic E-state index is 13.7. The second-order valence-electron chi connectivity index (χ2n) is 6.20. The van der Waals surface area contributed by atoms with Crippen LogP contribution < -0.4 is 10.6 Å². The number of hydrogen-bond donors (Lipinski definition) is 2. The van der Waals surface area contributed by atoms with Crippen LogP contribution in [-0.4, -0.2) is 34.2 Å². The lowest BCUT2D eigenvalue weighted by molar-refractivity contribution is -0.117. The summed E-state index contributed by atoms with van der Waals surface area (Å²) >= 11 is 6.35. The van der Waals surface area contributed by atoms with Gasteiger partial charge in [0.15, 0.2) is 21.4 Å². The zero-order chi connectivity index (χ0) is 21.8. The predicted octanol–water partition coefficient (Wildman–Crippen LogP) is 4.50. The molecule has 1 amide bonds. The topological polar surface area (TPSA) is 62.2 Å². The molecule has 1 aromatic heterocycles. The Kier molecular flexibility index (Phi) is 6.80. The number of para-hydroxylation sites is 1. The molecule has 0 saturated carbocycles. The molecule has 3 aromatic rings. The number of nitrogens with zero attached hydrogens (tertiary/aromatic N) is 3. The summed E-state index contributed by atoms with van der Waals surface area (Å²) in [5, 5.41) is 9.63. The lowest BCUT2D eigenvalue weighted by atomic mass is 10.2. The van der Waals surface area contributed by atoms with Crippen molar-refractivity contribution in [2.45, 2.75) is 6.67 Å². The molecule has 0 fully saturated rings. The van der Waals surface area contributed by atoms with Gasteiger partial charge in [0.05, 0.1) is 24.6 Å². The molecule has 3 rings (SSSR count). The first-order chi connectivity index (χ1) is 14.2. The van der Waals surface area contributed by atoms with E-state index in [0.29, 0.717) is 9.09 Å². The van der Waals surface area contributed by atoms with Crippen LogP contribution in [-0.2, 0) is 11.5 Å². The van der Waals surface area contributed by atoms with Crippen LogP contribution in [0.25, 0.3) is 0 Å². The number of likely N-dealkylation sites (N-methyl/N-ethyl adjacent to an activating group) is 1. The zero-order valence-corrected chi connectivity index (χ0v) is 17.1. The van der Waals surface area contributed by atoms with E-state index in [1.165, 1.54) is 15.6 Å². The lowest BCUT2D eigenvalue weighted by Crippen LogP contribution is -2.32. The van der Waals surface area contributed by atoms with Gasteiger partial charge < -0.3 is 10.6 Å². The normalized spacial score (nSPS) is 11.0. The maximum atomic E-state index is 13.7. The van der Waals surface area contributed by atoms with Crippen LogP contribution in [0.2, 0.25) is 0 Å². The summed E-state index contributed by atoms with van der Waals surface area (Å²) in [5.41, 5.74) is -0.219. The van der Waals surface area contributed by atoms with Crippen molar-refractivity contribution in [3.63, 3.8) is 0 Å². The summed E-state index contributed by atoms with van der Waals surface area (Å²) in [7, 11) is 1.59. The highest BCUT2D eigenvalue weighted by atomic mass is 32.1. The maximum Gasteiger partial charge on any atom is 0.238 e. The fraction of sp³-hybridized carbons (Fsp3) is 0.167. The summed E-state index contributed by atoms with van der Waals surface area (Å²) in [5.74, 6) is -5.57. The van der Waals surface area contributed by atoms with E-state index in [-0.39, 0.29) is 18.9 Å². The average molecular weight is 457 g/mol. The Morgan fingerprint density at radius 3 is 2.57 bits per heavy atom. The zero-order valence-electron chi connectivity index (χ0n) is 15.5. The van der Waals surface area contributed by atoms with Gasteiger partial charge in [-0.15, -0.1) is 5.10 Å². The highest BCUT2D eigenvalue weighted by Gasteiger charge is 2.16. The van der Waals surface area contributed by atoms with Crippen LogP contribution in [0, 0.1) is 27.2 Å².